The van der Waals surface area contributed by atoms with Crippen molar-refractivity contribution < 1.29 is 14.3 Å². The highest BCUT2D eigenvalue weighted by Crippen LogP contribution is 2.16. The molecule has 1 atom stereocenters. The first-order valence-electron chi connectivity index (χ1n) is 7.88. The van der Waals surface area contributed by atoms with Crippen molar-refractivity contribution in [1.29, 1.82) is 0 Å². The maximum Gasteiger partial charge on any atom is 0.234 e. The number of likely N-dealkylation sites (N-methyl/N-ethyl adjacent to an activating group) is 1. The summed E-state index contributed by atoms with van der Waals surface area (Å²) < 4.78 is 11.0. The van der Waals surface area contributed by atoms with E-state index in [0.717, 1.165) is 37.3 Å². The fourth-order valence-corrected chi connectivity index (χ4v) is 2.71. The lowest BCUT2D eigenvalue weighted by molar-refractivity contribution is -0.122. The molecule has 22 heavy (non-hydrogen) atoms. The molecule has 0 spiro atoms. The predicted octanol–water partition coefficient (Wildman–Crippen LogP) is 1.81. The van der Waals surface area contributed by atoms with Crippen molar-refractivity contribution in [3.63, 3.8) is 0 Å². The minimum absolute atomic E-state index is 0.0178. The molecule has 1 aromatic rings. The van der Waals surface area contributed by atoms with E-state index in [2.05, 4.69) is 5.32 Å². The van der Waals surface area contributed by atoms with E-state index in [0.29, 0.717) is 13.1 Å². The second-order valence-electron chi connectivity index (χ2n) is 5.77. The number of nitrogens with zero attached hydrogens (tertiary/aromatic N) is 1. The summed E-state index contributed by atoms with van der Waals surface area (Å²) in [5.74, 6) is 0.816. The fourth-order valence-electron chi connectivity index (χ4n) is 2.71. The van der Waals surface area contributed by atoms with E-state index in [4.69, 9.17) is 9.47 Å². The van der Waals surface area contributed by atoms with Gasteiger partial charge in [-0.1, -0.05) is 18.2 Å². The van der Waals surface area contributed by atoms with Gasteiger partial charge in [0, 0.05) is 25.3 Å². The van der Waals surface area contributed by atoms with E-state index in [1.165, 1.54) is 6.42 Å². The monoisotopic (exact) mass is 306 g/mol. The molecule has 1 fully saturated rings. The number of amides is 1. The molecule has 0 bridgehead atoms. The topological polar surface area (TPSA) is 50.8 Å². The lowest BCUT2D eigenvalue weighted by atomic mass is 10.1. The number of rotatable bonds is 7. The molecule has 5 nitrogen and oxygen atoms in total. The van der Waals surface area contributed by atoms with Crippen molar-refractivity contribution in [2.75, 3.05) is 33.9 Å². The van der Waals surface area contributed by atoms with Crippen molar-refractivity contribution in [3.8, 4) is 5.75 Å². The molecular weight excluding hydrogens is 280 g/mol. The summed E-state index contributed by atoms with van der Waals surface area (Å²) in [4.78, 5) is 14.1. The fraction of sp³-hybridized carbons (Fsp3) is 0.588. The number of hydrogen-bond acceptors (Lipinski definition) is 4. The normalized spacial score (nSPS) is 18.2. The minimum atomic E-state index is 0.0178. The van der Waals surface area contributed by atoms with Gasteiger partial charge in [0.05, 0.1) is 19.8 Å². The quantitative estimate of drug-likeness (QED) is 0.835. The Morgan fingerprint density at radius 1 is 1.41 bits per heavy atom. The number of ether oxygens (including phenoxy) is 2. The molecular formula is C17H26N2O3. The summed E-state index contributed by atoms with van der Waals surface area (Å²) in [6, 6.07) is 7.71. The van der Waals surface area contributed by atoms with E-state index >= 15 is 0 Å². The molecule has 122 valence electrons. The molecule has 0 unspecified atom stereocenters. The Kier molecular flexibility index (Phi) is 6.68. The maximum absolute atomic E-state index is 12.0. The van der Waals surface area contributed by atoms with Gasteiger partial charge in [0.2, 0.25) is 5.91 Å². The molecule has 1 amide bonds. The molecule has 1 saturated heterocycles. The Labute approximate surface area is 132 Å². The second kappa shape index (κ2) is 8.76. The van der Waals surface area contributed by atoms with Crippen LogP contribution in [-0.4, -0.2) is 50.8 Å². The Bertz CT molecular complexity index is 473. The van der Waals surface area contributed by atoms with Gasteiger partial charge >= 0.3 is 0 Å². The molecule has 1 aliphatic rings. The number of carbonyl (C=O) groups is 1. The maximum atomic E-state index is 12.0. The summed E-state index contributed by atoms with van der Waals surface area (Å²) in [6.07, 6.45) is 3.73. The van der Waals surface area contributed by atoms with Gasteiger partial charge in [-0.15, -0.1) is 0 Å². The minimum Gasteiger partial charge on any atom is -0.496 e. The van der Waals surface area contributed by atoms with Crippen molar-refractivity contribution in [3.05, 3.63) is 29.8 Å². The van der Waals surface area contributed by atoms with Crippen LogP contribution < -0.4 is 10.1 Å². The Morgan fingerprint density at radius 3 is 2.95 bits per heavy atom. The molecule has 0 saturated carbocycles. The molecule has 1 aromatic carbocycles. The summed E-state index contributed by atoms with van der Waals surface area (Å²) in [5, 5.41) is 2.94. The van der Waals surface area contributed by atoms with Crippen LogP contribution in [0.15, 0.2) is 24.3 Å². The third kappa shape index (κ3) is 5.31. The zero-order chi connectivity index (χ0) is 15.8. The second-order valence-corrected chi connectivity index (χ2v) is 5.77. The van der Waals surface area contributed by atoms with Crippen LogP contribution >= 0.6 is 0 Å². The Morgan fingerprint density at radius 2 is 2.23 bits per heavy atom. The third-order valence-corrected chi connectivity index (χ3v) is 3.87. The van der Waals surface area contributed by atoms with E-state index < -0.39 is 0 Å². The predicted molar refractivity (Wildman–Crippen MR) is 85.9 cm³/mol. The van der Waals surface area contributed by atoms with E-state index in [9.17, 15) is 4.79 Å². The van der Waals surface area contributed by atoms with Crippen LogP contribution in [0.2, 0.25) is 0 Å². The van der Waals surface area contributed by atoms with Crippen molar-refractivity contribution in [2.45, 2.75) is 31.9 Å². The zero-order valence-corrected chi connectivity index (χ0v) is 13.5. The average Bonchev–Trinajstić information content (AvgIpc) is 2.54. The van der Waals surface area contributed by atoms with Crippen LogP contribution in [-0.2, 0) is 16.1 Å². The molecule has 2 rings (SSSR count). The molecule has 1 N–H and O–H groups in total. The summed E-state index contributed by atoms with van der Waals surface area (Å²) >= 11 is 0. The largest absolute Gasteiger partial charge is 0.496 e. The lowest BCUT2D eigenvalue weighted by Crippen LogP contribution is -2.40. The molecule has 1 heterocycles. The van der Waals surface area contributed by atoms with Gasteiger partial charge in [-0.3, -0.25) is 9.69 Å². The van der Waals surface area contributed by atoms with Crippen LogP contribution in [0.5, 0.6) is 5.75 Å². The van der Waals surface area contributed by atoms with Crippen LogP contribution in [0.4, 0.5) is 0 Å². The van der Waals surface area contributed by atoms with Crippen molar-refractivity contribution >= 4 is 5.91 Å². The van der Waals surface area contributed by atoms with E-state index in [1.807, 2.05) is 36.2 Å². The standard InChI is InChI=1S/C17H26N2O3/c1-19(12-15-8-5-6-10-22-15)13-17(20)18-11-14-7-3-4-9-16(14)21-2/h3-4,7,9,15H,5-6,8,10-13H2,1-2H3,(H,18,20)/t15-/m0/s1. The highest BCUT2D eigenvalue weighted by molar-refractivity contribution is 5.78. The van der Waals surface area contributed by atoms with Gasteiger partial charge in [0.15, 0.2) is 0 Å². The van der Waals surface area contributed by atoms with Crippen LogP contribution in [0.1, 0.15) is 24.8 Å². The summed E-state index contributed by atoms with van der Waals surface area (Å²) in [5.41, 5.74) is 0.983. The highest BCUT2D eigenvalue weighted by atomic mass is 16.5. The number of benzene rings is 1. The zero-order valence-electron chi connectivity index (χ0n) is 13.5. The first-order chi connectivity index (χ1) is 10.7. The SMILES string of the molecule is COc1ccccc1CNC(=O)CN(C)C[C@@H]1CCCCO1. The molecule has 5 heteroatoms. The molecule has 0 aliphatic carbocycles. The number of para-hydroxylation sites is 1. The Balaban J connectivity index is 1.72. The summed E-state index contributed by atoms with van der Waals surface area (Å²) in [7, 11) is 3.60. The number of methoxy groups -OCH3 is 1. The Hall–Kier alpha value is -1.59. The highest BCUT2D eigenvalue weighted by Gasteiger charge is 2.17. The molecule has 0 radical (unpaired) electrons. The van der Waals surface area contributed by atoms with Crippen molar-refractivity contribution in [2.24, 2.45) is 0 Å². The van der Waals surface area contributed by atoms with Crippen LogP contribution in [0.25, 0.3) is 0 Å². The number of nitrogens with one attached hydrogen (secondary N) is 1. The van der Waals surface area contributed by atoms with E-state index in [1.54, 1.807) is 7.11 Å². The first-order valence-corrected chi connectivity index (χ1v) is 7.88. The van der Waals surface area contributed by atoms with Gasteiger partial charge in [-0.05, 0) is 32.4 Å². The third-order valence-electron chi connectivity index (χ3n) is 3.87. The van der Waals surface area contributed by atoms with Crippen LogP contribution in [0, 0.1) is 0 Å². The van der Waals surface area contributed by atoms with Gasteiger partial charge in [-0.25, -0.2) is 0 Å². The van der Waals surface area contributed by atoms with Gasteiger partial charge in [-0.2, -0.15) is 0 Å². The van der Waals surface area contributed by atoms with Crippen LogP contribution in [0.3, 0.4) is 0 Å². The summed E-state index contributed by atoms with van der Waals surface area (Å²) in [6.45, 7) is 2.52. The van der Waals surface area contributed by atoms with Gasteiger partial charge in [0.25, 0.3) is 0 Å². The number of carbonyl (C=O) groups excluding carboxylic acids is 1. The van der Waals surface area contributed by atoms with Gasteiger partial charge < -0.3 is 14.8 Å². The molecule has 0 aromatic heterocycles. The average molecular weight is 306 g/mol. The molecule has 1 aliphatic heterocycles. The van der Waals surface area contributed by atoms with E-state index in [-0.39, 0.29) is 12.0 Å². The first kappa shape index (κ1) is 16.8. The smallest absolute Gasteiger partial charge is 0.234 e. The van der Waals surface area contributed by atoms with Gasteiger partial charge in [0.1, 0.15) is 5.75 Å². The van der Waals surface area contributed by atoms with Crippen molar-refractivity contribution in [1.82, 2.24) is 10.2 Å². The number of hydrogen-bond donors (Lipinski definition) is 1. The lowest BCUT2D eigenvalue weighted by Gasteiger charge is -2.27.